The molecule has 5 nitrogen and oxygen atoms in total. The Morgan fingerprint density at radius 1 is 0.964 bits per heavy atom. The first-order valence-electron chi connectivity index (χ1n) is 9.58. The smallest absolute Gasteiger partial charge is 0.184 e. The minimum atomic E-state index is -0.383. The van der Waals surface area contributed by atoms with Crippen molar-refractivity contribution in [3.8, 4) is 11.8 Å². The van der Waals surface area contributed by atoms with Crippen LogP contribution in [0, 0.1) is 11.8 Å². The molecule has 0 saturated carbocycles. The number of hydrogen-bond donors (Lipinski definition) is 1. The molecule has 3 rings (SSSR count). The van der Waals surface area contributed by atoms with Gasteiger partial charge in [0.25, 0.3) is 0 Å². The molecule has 0 spiro atoms. The highest BCUT2D eigenvalue weighted by Crippen LogP contribution is 2.22. The largest absolute Gasteiger partial charge is 0.368 e. The Labute approximate surface area is 166 Å². The molecule has 0 saturated heterocycles. The SMILES string of the molecule is CCOC(OCC)c1ccccc1C#CCCNc1ncnc2ccccc12. The molecule has 144 valence electrons. The van der Waals surface area contributed by atoms with Gasteiger partial charge in [-0.3, -0.25) is 0 Å². The summed E-state index contributed by atoms with van der Waals surface area (Å²) in [7, 11) is 0. The maximum Gasteiger partial charge on any atom is 0.184 e. The van der Waals surface area contributed by atoms with Gasteiger partial charge in [0.1, 0.15) is 12.1 Å². The number of nitrogens with zero attached hydrogens (tertiary/aromatic N) is 2. The second-order valence-corrected chi connectivity index (χ2v) is 6.05. The number of anilines is 1. The lowest BCUT2D eigenvalue weighted by Crippen LogP contribution is -2.10. The number of fused-ring (bicyclic) bond motifs is 1. The van der Waals surface area contributed by atoms with Crippen LogP contribution in [0.25, 0.3) is 10.9 Å². The second-order valence-electron chi connectivity index (χ2n) is 6.05. The maximum atomic E-state index is 5.72. The monoisotopic (exact) mass is 375 g/mol. The first-order valence-corrected chi connectivity index (χ1v) is 9.58. The van der Waals surface area contributed by atoms with E-state index in [1.165, 1.54) is 0 Å². The van der Waals surface area contributed by atoms with Crippen molar-refractivity contribution in [2.24, 2.45) is 0 Å². The van der Waals surface area contributed by atoms with Gasteiger partial charge in [-0.15, -0.1) is 0 Å². The number of ether oxygens (including phenoxy) is 2. The Bertz CT molecular complexity index is 951. The number of hydrogen-bond acceptors (Lipinski definition) is 5. The molecule has 1 N–H and O–H groups in total. The summed E-state index contributed by atoms with van der Waals surface area (Å²) in [4.78, 5) is 8.62. The summed E-state index contributed by atoms with van der Waals surface area (Å²) in [5.74, 6) is 7.32. The van der Waals surface area contributed by atoms with Crippen LogP contribution >= 0.6 is 0 Å². The zero-order chi connectivity index (χ0) is 19.6. The molecule has 28 heavy (non-hydrogen) atoms. The van der Waals surface area contributed by atoms with E-state index < -0.39 is 0 Å². The van der Waals surface area contributed by atoms with Crippen LogP contribution in [0.5, 0.6) is 0 Å². The lowest BCUT2D eigenvalue weighted by molar-refractivity contribution is -0.140. The summed E-state index contributed by atoms with van der Waals surface area (Å²) in [6.07, 6.45) is 1.89. The van der Waals surface area contributed by atoms with Gasteiger partial charge in [-0.25, -0.2) is 9.97 Å². The minimum Gasteiger partial charge on any atom is -0.368 e. The van der Waals surface area contributed by atoms with Crippen molar-refractivity contribution >= 4 is 16.7 Å². The van der Waals surface area contributed by atoms with Crippen LogP contribution in [-0.2, 0) is 9.47 Å². The summed E-state index contributed by atoms with van der Waals surface area (Å²) < 4.78 is 11.4. The summed E-state index contributed by atoms with van der Waals surface area (Å²) in [6.45, 7) is 5.80. The fraction of sp³-hybridized carbons (Fsp3) is 0.304. The van der Waals surface area contributed by atoms with Gasteiger partial charge in [0.05, 0.1) is 5.52 Å². The summed E-state index contributed by atoms with van der Waals surface area (Å²) >= 11 is 0. The molecule has 0 aliphatic carbocycles. The molecule has 0 unspecified atom stereocenters. The topological polar surface area (TPSA) is 56.3 Å². The second kappa shape index (κ2) is 10.4. The van der Waals surface area contributed by atoms with Crippen LogP contribution in [0.15, 0.2) is 54.9 Å². The normalized spacial score (nSPS) is 10.7. The van der Waals surface area contributed by atoms with Gasteiger partial charge in [-0.05, 0) is 32.0 Å². The predicted molar refractivity (Wildman–Crippen MR) is 112 cm³/mol. The van der Waals surface area contributed by atoms with E-state index in [2.05, 4.69) is 27.1 Å². The van der Waals surface area contributed by atoms with Crippen molar-refractivity contribution in [2.45, 2.75) is 26.6 Å². The van der Waals surface area contributed by atoms with Crippen molar-refractivity contribution in [3.05, 3.63) is 66.0 Å². The number of aromatic nitrogens is 2. The van der Waals surface area contributed by atoms with E-state index in [1.807, 2.05) is 62.4 Å². The van der Waals surface area contributed by atoms with Gasteiger partial charge in [0, 0.05) is 42.7 Å². The zero-order valence-electron chi connectivity index (χ0n) is 16.3. The maximum absolute atomic E-state index is 5.72. The van der Waals surface area contributed by atoms with Crippen LogP contribution in [0.2, 0.25) is 0 Å². The van der Waals surface area contributed by atoms with Gasteiger partial charge in [-0.1, -0.05) is 42.2 Å². The van der Waals surface area contributed by atoms with Crippen molar-refractivity contribution in [1.29, 1.82) is 0 Å². The van der Waals surface area contributed by atoms with E-state index in [4.69, 9.17) is 9.47 Å². The number of nitrogens with one attached hydrogen (secondary N) is 1. The van der Waals surface area contributed by atoms with Crippen molar-refractivity contribution < 1.29 is 9.47 Å². The van der Waals surface area contributed by atoms with E-state index in [0.717, 1.165) is 27.8 Å². The van der Waals surface area contributed by atoms with Crippen LogP contribution in [0.1, 0.15) is 37.7 Å². The van der Waals surface area contributed by atoms with Gasteiger partial charge in [0.15, 0.2) is 6.29 Å². The lowest BCUT2D eigenvalue weighted by atomic mass is 10.1. The molecule has 0 fully saturated rings. The molecule has 0 radical (unpaired) electrons. The first-order chi connectivity index (χ1) is 13.8. The van der Waals surface area contributed by atoms with Crippen LogP contribution < -0.4 is 5.32 Å². The molecule has 1 aromatic heterocycles. The van der Waals surface area contributed by atoms with Crippen LogP contribution in [-0.4, -0.2) is 29.7 Å². The molecule has 2 aromatic carbocycles. The summed E-state index contributed by atoms with van der Waals surface area (Å²) in [5, 5.41) is 4.36. The van der Waals surface area contributed by atoms with E-state index in [1.54, 1.807) is 6.33 Å². The Balaban J connectivity index is 1.65. The standard InChI is InChI=1S/C23H25N3O2/c1-3-27-23(28-4-2)19-13-6-5-11-18(19)12-9-10-16-24-22-20-14-7-8-15-21(20)25-17-26-22/h5-8,11,13-15,17,23H,3-4,10,16H2,1-2H3,(H,24,25,26). The molecule has 1 heterocycles. The summed E-state index contributed by atoms with van der Waals surface area (Å²) in [6, 6.07) is 15.9. The quantitative estimate of drug-likeness (QED) is 0.355. The minimum absolute atomic E-state index is 0.383. The predicted octanol–water partition coefficient (Wildman–Crippen LogP) is 4.56. The van der Waals surface area contributed by atoms with Gasteiger partial charge < -0.3 is 14.8 Å². The number of benzene rings is 2. The molecule has 0 atom stereocenters. The molecule has 5 heteroatoms. The number of rotatable bonds is 8. The van der Waals surface area contributed by atoms with E-state index >= 15 is 0 Å². The Morgan fingerprint density at radius 2 is 1.71 bits per heavy atom. The fourth-order valence-electron chi connectivity index (χ4n) is 2.89. The molecule has 0 amide bonds. The molecule has 0 bridgehead atoms. The van der Waals surface area contributed by atoms with Gasteiger partial charge in [-0.2, -0.15) is 0 Å². The van der Waals surface area contributed by atoms with Gasteiger partial charge >= 0.3 is 0 Å². The van der Waals surface area contributed by atoms with Crippen LogP contribution in [0.4, 0.5) is 5.82 Å². The molecule has 3 aromatic rings. The van der Waals surface area contributed by atoms with E-state index in [-0.39, 0.29) is 6.29 Å². The molecular formula is C23H25N3O2. The molecule has 0 aliphatic heterocycles. The Hall–Kier alpha value is -2.94. The Morgan fingerprint density at radius 3 is 2.54 bits per heavy atom. The van der Waals surface area contributed by atoms with E-state index in [0.29, 0.717) is 26.2 Å². The van der Waals surface area contributed by atoms with E-state index in [9.17, 15) is 0 Å². The third-order valence-electron chi connectivity index (χ3n) is 4.16. The average Bonchev–Trinajstić information content (AvgIpc) is 2.74. The highest BCUT2D eigenvalue weighted by Gasteiger charge is 2.14. The first kappa shape index (κ1) is 19.8. The van der Waals surface area contributed by atoms with Crippen molar-refractivity contribution in [2.75, 3.05) is 25.1 Å². The zero-order valence-corrected chi connectivity index (χ0v) is 16.3. The lowest BCUT2D eigenvalue weighted by Gasteiger charge is -2.18. The third-order valence-corrected chi connectivity index (χ3v) is 4.16. The van der Waals surface area contributed by atoms with Crippen molar-refractivity contribution in [3.63, 3.8) is 0 Å². The highest BCUT2D eigenvalue weighted by atomic mass is 16.7. The average molecular weight is 375 g/mol. The molecule has 0 aliphatic rings. The van der Waals surface area contributed by atoms with Gasteiger partial charge in [0.2, 0.25) is 0 Å². The highest BCUT2D eigenvalue weighted by molar-refractivity contribution is 5.88. The molecular weight excluding hydrogens is 350 g/mol. The fourth-order valence-corrected chi connectivity index (χ4v) is 2.89. The van der Waals surface area contributed by atoms with Crippen molar-refractivity contribution in [1.82, 2.24) is 9.97 Å². The summed E-state index contributed by atoms with van der Waals surface area (Å²) in [5.41, 5.74) is 2.83. The number of para-hydroxylation sites is 1. The Kier molecular flexibility index (Phi) is 7.36. The third kappa shape index (κ3) is 5.07. The van der Waals surface area contributed by atoms with Crippen LogP contribution in [0.3, 0.4) is 0 Å².